The second kappa shape index (κ2) is 7.85. The monoisotopic (exact) mass is 313 g/mol. The molecule has 0 radical (unpaired) electrons. The molecule has 116 valence electrons. The van der Waals surface area contributed by atoms with E-state index in [0.717, 1.165) is 13.1 Å². The molecule has 0 aromatic heterocycles. The fraction of sp³-hybridized carbons (Fsp3) is 0.429. The maximum absolute atomic E-state index is 12.4. The molecule has 7 heteroatoms. The predicted octanol–water partition coefficient (Wildman–Crippen LogP) is 0.406. The van der Waals surface area contributed by atoms with Gasteiger partial charge in [0.25, 0.3) is 11.8 Å². The van der Waals surface area contributed by atoms with Crippen LogP contribution in [0.5, 0.6) is 5.75 Å². The van der Waals surface area contributed by atoms with Gasteiger partial charge in [-0.3, -0.25) is 9.59 Å². The highest BCUT2D eigenvalue weighted by Crippen LogP contribution is 2.15. The van der Waals surface area contributed by atoms with Gasteiger partial charge in [0.15, 0.2) is 6.61 Å². The molecular formula is C14H20ClN3O3. The summed E-state index contributed by atoms with van der Waals surface area (Å²) >= 11 is 0. The topological polar surface area (TPSA) is 84.7 Å². The van der Waals surface area contributed by atoms with E-state index in [9.17, 15) is 9.59 Å². The first kappa shape index (κ1) is 17.3. The lowest BCUT2D eigenvalue weighted by Gasteiger charge is -2.34. The Morgan fingerprint density at radius 3 is 2.62 bits per heavy atom. The average molecular weight is 314 g/mol. The lowest BCUT2D eigenvalue weighted by Crippen LogP contribution is -2.52. The Morgan fingerprint density at radius 1 is 1.38 bits per heavy atom. The molecular weight excluding hydrogens is 294 g/mol. The molecule has 1 aromatic rings. The van der Waals surface area contributed by atoms with Crippen molar-refractivity contribution in [2.45, 2.75) is 13.0 Å². The Morgan fingerprint density at radius 2 is 2.05 bits per heavy atom. The Bertz CT molecular complexity index is 493. The molecule has 0 aliphatic carbocycles. The summed E-state index contributed by atoms with van der Waals surface area (Å²) in [6.07, 6.45) is 0. The van der Waals surface area contributed by atoms with Crippen molar-refractivity contribution in [3.8, 4) is 5.75 Å². The first-order valence-electron chi connectivity index (χ1n) is 6.61. The van der Waals surface area contributed by atoms with Gasteiger partial charge in [-0.1, -0.05) is 0 Å². The van der Waals surface area contributed by atoms with Crippen molar-refractivity contribution in [3.63, 3.8) is 0 Å². The number of primary amides is 1. The van der Waals surface area contributed by atoms with Crippen LogP contribution in [0.15, 0.2) is 24.3 Å². The number of benzene rings is 1. The second-order valence-electron chi connectivity index (χ2n) is 4.83. The number of ether oxygens (including phenoxy) is 1. The first-order valence-corrected chi connectivity index (χ1v) is 6.61. The molecule has 3 N–H and O–H groups in total. The number of nitrogens with zero attached hydrogens (tertiary/aromatic N) is 1. The Labute approximate surface area is 130 Å². The van der Waals surface area contributed by atoms with Gasteiger partial charge in [0.2, 0.25) is 0 Å². The number of carbonyl (C=O) groups excluding carboxylic acids is 2. The number of amides is 2. The van der Waals surface area contributed by atoms with E-state index >= 15 is 0 Å². The van der Waals surface area contributed by atoms with E-state index in [4.69, 9.17) is 10.5 Å². The van der Waals surface area contributed by atoms with Crippen molar-refractivity contribution in [3.05, 3.63) is 29.8 Å². The zero-order chi connectivity index (χ0) is 14.5. The van der Waals surface area contributed by atoms with Crippen molar-refractivity contribution < 1.29 is 14.3 Å². The molecule has 0 saturated carbocycles. The molecule has 1 atom stereocenters. The average Bonchev–Trinajstić information content (AvgIpc) is 2.45. The highest BCUT2D eigenvalue weighted by molar-refractivity contribution is 5.94. The number of hydrogen-bond donors (Lipinski definition) is 2. The molecule has 6 nitrogen and oxygen atoms in total. The van der Waals surface area contributed by atoms with Gasteiger partial charge in [-0.15, -0.1) is 12.4 Å². The normalized spacial score (nSPS) is 17.8. The SMILES string of the molecule is C[C@H]1CNCCN1C(=O)c1ccc(OCC(N)=O)cc1.Cl. The summed E-state index contributed by atoms with van der Waals surface area (Å²) in [7, 11) is 0. The number of hydrogen-bond acceptors (Lipinski definition) is 4. The van der Waals surface area contributed by atoms with Crippen LogP contribution in [0.25, 0.3) is 0 Å². The molecule has 2 rings (SSSR count). The van der Waals surface area contributed by atoms with Gasteiger partial charge in [-0.2, -0.15) is 0 Å². The maximum Gasteiger partial charge on any atom is 0.255 e. The van der Waals surface area contributed by atoms with Crippen LogP contribution in [0, 0.1) is 0 Å². The van der Waals surface area contributed by atoms with Crippen LogP contribution in [0.1, 0.15) is 17.3 Å². The minimum atomic E-state index is -0.528. The summed E-state index contributed by atoms with van der Waals surface area (Å²) in [5, 5.41) is 3.25. The zero-order valence-corrected chi connectivity index (χ0v) is 12.7. The standard InChI is InChI=1S/C14H19N3O3.ClH/c1-10-8-16-6-7-17(10)14(19)11-2-4-12(5-3-11)20-9-13(15)18;/h2-5,10,16H,6-9H2,1H3,(H2,15,18);1H/t10-;/m0./s1. The Balaban J connectivity index is 0.00000220. The quantitative estimate of drug-likeness (QED) is 0.843. The van der Waals surface area contributed by atoms with Crippen molar-refractivity contribution in [2.75, 3.05) is 26.2 Å². The van der Waals surface area contributed by atoms with Gasteiger partial charge < -0.3 is 20.7 Å². The van der Waals surface area contributed by atoms with Gasteiger partial charge in [0.1, 0.15) is 5.75 Å². The van der Waals surface area contributed by atoms with Crippen LogP contribution in [0.4, 0.5) is 0 Å². The van der Waals surface area contributed by atoms with E-state index in [1.807, 2.05) is 11.8 Å². The summed E-state index contributed by atoms with van der Waals surface area (Å²) in [5.74, 6) is 0.00829. The van der Waals surface area contributed by atoms with E-state index in [0.29, 0.717) is 17.9 Å². The van der Waals surface area contributed by atoms with E-state index in [-0.39, 0.29) is 31.0 Å². The number of nitrogens with two attached hydrogens (primary N) is 1. The number of rotatable bonds is 4. The summed E-state index contributed by atoms with van der Waals surface area (Å²) < 4.78 is 5.16. The maximum atomic E-state index is 12.4. The lowest BCUT2D eigenvalue weighted by molar-refractivity contribution is -0.119. The van der Waals surface area contributed by atoms with Crippen LogP contribution in [0.2, 0.25) is 0 Å². The Kier molecular flexibility index (Phi) is 6.45. The van der Waals surface area contributed by atoms with Crippen LogP contribution in [-0.4, -0.2) is 49.0 Å². The molecule has 2 amide bonds. The molecule has 0 bridgehead atoms. The van der Waals surface area contributed by atoms with Crippen LogP contribution in [0.3, 0.4) is 0 Å². The molecule has 1 aliphatic heterocycles. The summed E-state index contributed by atoms with van der Waals surface area (Å²) in [4.78, 5) is 24.8. The van der Waals surface area contributed by atoms with Gasteiger partial charge >= 0.3 is 0 Å². The van der Waals surface area contributed by atoms with Gasteiger partial charge in [0.05, 0.1) is 0 Å². The molecule has 1 aromatic carbocycles. The van der Waals surface area contributed by atoms with Crippen molar-refractivity contribution in [1.29, 1.82) is 0 Å². The smallest absolute Gasteiger partial charge is 0.255 e. The minimum Gasteiger partial charge on any atom is -0.484 e. The van der Waals surface area contributed by atoms with Gasteiger partial charge in [0, 0.05) is 31.2 Å². The van der Waals surface area contributed by atoms with Gasteiger partial charge in [-0.05, 0) is 31.2 Å². The molecule has 1 fully saturated rings. The van der Waals surface area contributed by atoms with Gasteiger partial charge in [-0.25, -0.2) is 0 Å². The van der Waals surface area contributed by atoms with E-state index < -0.39 is 5.91 Å². The van der Waals surface area contributed by atoms with Crippen LogP contribution >= 0.6 is 12.4 Å². The molecule has 1 saturated heterocycles. The number of halogens is 1. The summed E-state index contributed by atoms with van der Waals surface area (Å²) in [6.45, 7) is 4.19. The number of nitrogens with one attached hydrogen (secondary N) is 1. The van der Waals surface area contributed by atoms with Crippen LogP contribution < -0.4 is 15.8 Å². The third-order valence-electron chi connectivity index (χ3n) is 3.24. The lowest BCUT2D eigenvalue weighted by atomic mass is 10.1. The Hall–Kier alpha value is -1.79. The first-order chi connectivity index (χ1) is 9.58. The van der Waals surface area contributed by atoms with E-state index in [1.165, 1.54) is 0 Å². The molecule has 0 unspecified atom stereocenters. The fourth-order valence-electron chi connectivity index (χ4n) is 2.16. The van der Waals surface area contributed by atoms with E-state index in [1.54, 1.807) is 24.3 Å². The van der Waals surface area contributed by atoms with Crippen molar-refractivity contribution >= 4 is 24.2 Å². The summed E-state index contributed by atoms with van der Waals surface area (Å²) in [6, 6.07) is 6.93. The largest absolute Gasteiger partial charge is 0.484 e. The zero-order valence-electron chi connectivity index (χ0n) is 11.9. The third-order valence-corrected chi connectivity index (χ3v) is 3.24. The fourth-order valence-corrected chi connectivity index (χ4v) is 2.16. The van der Waals surface area contributed by atoms with Crippen LogP contribution in [-0.2, 0) is 4.79 Å². The predicted molar refractivity (Wildman–Crippen MR) is 81.7 cm³/mol. The second-order valence-corrected chi connectivity index (χ2v) is 4.83. The highest BCUT2D eigenvalue weighted by atomic mass is 35.5. The number of carbonyl (C=O) groups is 2. The minimum absolute atomic E-state index is 0. The highest BCUT2D eigenvalue weighted by Gasteiger charge is 2.23. The molecule has 1 aliphatic rings. The number of piperazine rings is 1. The third kappa shape index (κ3) is 4.61. The molecule has 0 spiro atoms. The molecule has 1 heterocycles. The van der Waals surface area contributed by atoms with E-state index in [2.05, 4.69) is 5.32 Å². The summed E-state index contributed by atoms with van der Waals surface area (Å²) in [5.41, 5.74) is 5.62. The van der Waals surface area contributed by atoms with Crippen molar-refractivity contribution in [1.82, 2.24) is 10.2 Å². The van der Waals surface area contributed by atoms with Crippen molar-refractivity contribution in [2.24, 2.45) is 5.73 Å². The molecule has 21 heavy (non-hydrogen) atoms.